The van der Waals surface area contributed by atoms with E-state index in [2.05, 4.69) is 60.4 Å². The third-order valence-corrected chi connectivity index (χ3v) is 4.51. The molecule has 0 bridgehead atoms. The molecule has 0 radical (unpaired) electrons. The number of anilines is 1. The summed E-state index contributed by atoms with van der Waals surface area (Å²) in [5, 5.41) is 5.29. The Morgan fingerprint density at radius 3 is 2.10 bits per heavy atom. The molecule has 6 heteroatoms. The van der Waals surface area contributed by atoms with Crippen molar-refractivity contribution in [3.05, 3.63) is 65.2 Å². The van der Waals surface area contributed by atoms with Gasteiger partial charge in [0.05, 0.1) is 7.11 Å². The molecule has 2 N–H and O–H groups in total. The van der Waals surface area contributed by atoms with E-state index in [0.717, 1.165) is 5.56 Å². The van der Waals surface area contributed by atoms with Crippen molar-refractivity contribution in [2.75, 3.05) is 19.0 Å². The van der Waals surface area contributed by atoms with Gasteiger partial charge in [-0.2, -0.15) is 0 Å². The number of hydrogen-bond donors (Lipinski definition) is 2. The summed E-state index contributed by atoms with van der Waals surface area (Å²) < 4.78 is 4.47. The molecule has 0 aliphatic carbocycles. The first kappa shape index (κ1) is 22.1. The van der Waals surface area contributed by atoms with Crippen molar-refractivity contribution >= 4 is 23.5 Å². The molecule has 0 aliphatic heterocycles. The minimum absolute atomic E-state index is 0.0900. The molecule has 0 aliphatic rings. The van der Waals surface area contributed by atoms with E-state index in [-0.39, 0.29) is 23.8 Å². The number of esters is 1. The Morgan fingerprint density at radius 2 is 1.55 bits per heavy atom. The first-order valence-corrected chi connectivity index (χ1v) is 9.53. The zero-order chi connectivity index (χ0) is 21.4. The molecule has 0 aromatic heterocycles. The number of hydrogen-bond acceptors (Lipinski definition) is 4. The molecule has 0 unspecified atom stereocenters. The van der Waals surface area contributed by atoms with E-state index in [1.807, 2.05) is 0 Å². The second-order valence-electron chi connectivity index (χ2n) is 7.83. The summed E-state index contributed by atoms with van der Waals surface area (Å²) >= 11 is 0. The fourth-order valence-electron chi connectivity index (χ4n) is 2.68. The van der Waals surface area contributed by atoms with Gasteiger partial charge in [-0.25, -0.2) is 0 Å². The summed E-state index contributed by atoms with van der Waals surface area (Å²) in [6.07, 6.45) is 1.03. The molecule has 0 saturated carbocycles. The van der Waals surface area contributed by atoms with E-state index in [4.69, 9.17) is 0 Å². The van der Waals surface area contributed by atoms with Crippen molar-refractivity contribution in [1.82, 2.24) is 5.32 Å². The Labute approximate surface area is 171 Å². The summed E-state index contributed by atoms with van der Waals surface area (Å²) in [4.78, 5) is 35.2. The van der Waals surface area contributed by atoms with Gasteiger partial charge < -0.3 is 15.4 Å². The minimum Gasteiger partial charge on any atom is -0.468 e. The lowest BCUT2D eigenvalue weighted by Gasteiger charge is -2.19. The zero-order valence-electron chi connectivity index (χ0n) is 17.4. The van der Waals surface area contributed by atoms with Crippen LogP contribution < -0.4 is 10.6 Å². The van der Waals surface area contributed by atoms with Crippen LogP contribution >= 0.6 is 0 Å². The van der Waals surface area contributed by atoms with Crippen molar-refractivity contribution in [2.45, 2.75) is 39.0 Å². The topological polar surface area (TPSA) is 84.5 Å². The van der Waals surface area contributed by atoms with Crippen LogP contribution in [0.25, 0.3) is 0 Å². The third kappa shape index (κ3) is 7.07. The maximum Gasteiger partial charge on any atom is 0.325 e. The summed E-state index contributed by atoms with van der Waals surface area (Å²) in [5.41, 5.74) is 3.50. The van der Waals surface area contributed by atoms with Gasteiger partial charge in [0.1, 0.15) is 6.54 Å². The zero-order valence-corrected chi connectivity index (χ0v) is 17.4. The number of carbonyl (C=O) groups is 3. The van der Waals surface area contributed by atoms with E-state index < -0.39 is 5.97 Å². The lowest BCUT2D eigenvalue weighted by atomic mass is 9.86. The monoisotopic (exact) mass is 396 g/mol. The average Bonchev–Trinajstić information content (AvgIpc) is 2.70. The SMILES string of the molecule is COC(=O)CNC(=O)c1ccc(NC(=O)CCc2ccc(C(C)(C)C)cc2)cc1. The van der Waals surface area contributed by atoms with Gasteiger partial charge in [0.25, 0.3) is 5.91 Å². The summed E-state index contributed by atoms with van der Waals surface area (Å²) in [6, 6.07) is 14.8. The Balaban J connectivity index is 1.83. The summed E-state index contributed by atoms with van der Waals surface area (Å²) in [6.45, 7) is 6.32. The van der Waals surface area contributed by atoms with Crippen LogP contribution in [0, 0.1) is 0 Å². The first-order chi connectivity index (χ1) is 13.7. The Morgan fingerprint density at radius 1 is 0.931 bits per heavy atom. The van der Waals surface area contributed by atoms with E-state index in [9.17, 15) is 14.4 Å². The second-order valence-corrected chi connectivity index (χ2v) is 7.83. The molecule has 29 heavy (non-hydrogen) atoms. The van der Waals surface area contributed by atoms with Crippen molar-refractivity contribution in [2.24, 2.45) is 0 Å². The molecule has 0 heterocycles. The molecule has 2 rings (SSSR count). The number of carbonyl (C=O) groups excluding carboxylic acids is 3. The van der Waals surface area contributed by atoms with Crippen LogP contribution in [-0.2, 0) is 26.2 Å². The fourth-order valence-corrected chi connectivity index (χ4v) is 2.68. The van der Waals surface area contributed by atoms with Gasteiger partial charge in [0.15, 0.2) is 0 Å². The van der Waals surface area contributed by atoms with Gasteiger partial charge in [-0.3, -0.25) is 14.4 Å². The average molecular weight is 396 g/mol. The maximum absolute atomic E-state index is 12.2. The van der Waals surface area contributed by atoms with Gasteiger partial charge in [-0.1, -0.05) is 45.0 Å². The van der Waals surface area contributed by atoms with E-state index >= 15 is 0 Å². The van der Waals surface area contributed by atoms with Gasteiger partial charge in [-0.15, -0.1) is 0 Å². The van der Waals surface area contributed by atoms with Crippen LogP contribution in [0.2, 0.25) is 0 Å². The smallest absolute Gasteiger partial charge is 0.325 e. The van der Waals surface area contributed by atoms with Crippen LogP contribution in [0.4, 0.5) is 5.69 Å². The largest absolute Gasteiger partial charge is 0.468 e. The number of aryl methyl sites for hydroxylation is 1. The second kappa shape index (κ2) is 9.87. The number of rotatable bonds is 7. The molecular formula is C23H28N2O4. The van der Waals surface area contributed by atoms with Crippen LogP contribution in [-0.4, -0.2) is 31.4 Å². The first-order valence-electron chi connectivity index (χ1n) is 9.53. The normalized spacial score (nSPS) is 10.9. The van der Waals surface area contributed by atoms with Gasteiger partial charge in [0, 0.05) is 17.7 Å². The highest BCUT2D eigenvalue weighted by atomic mass is 16.5. The number of methoxy groups -OCH3 is 1. The Hall–Kier alpha value is -3.15. The Bertz CT molecular complexity index is 850. The molecule has 154 valence electrons. The molecule has 2 amide bonds. The predicted molar refractivity (Wildman–Crippen MR) is 113 cm³/mol. The number of nitrogens with one attached hydrogen (secondary N) is 2. The molecule has 2 aromatic carbocycles. The standard InChI is InChI=1S/C23H28N2O4/c1-23(2,3)18-10-5-16(6-11-18)7-14-20(26)25-19-12-8-17(9-13-19)22(28)24-15-21(27)29-4/h5-6,8-13H,7,14-15H2,1-4H3,(H,24,28)(H,25,26). The van der Waals surface area contributed by atoms with Crippen LogP contribution in [0.3, 0.4) is 0 Å². The summed E-state index contributed by atoms with van der Waals surface area (Å²) in [5.74, 6) is -0.991. The highest BCUT2D eigenvalue weighted by Crippen LogP contribution is 2.22. The molecule has 0 fully saturated rings. The number of ether oxygens (including phenoxy) is 1. The van der Waals surface area contributed by atoms with Gasteiger partial charge in [0.2, 0.25) is 5.91 Å². The predicted octanol–water partition coefficient (Wildman–Crippen LogP) is 3.46. The lowest BCUT2D eigenvalue weighted by molar-refractivity contribution is -0.139. The molecule has 0 saturated heterocycles. The minimum atomic E-state index is -0.518. The van der Waals surface area contributed by atoms with Crippen LogP contribution in [0.5, 0.6) is 0 Å². The van der Waals surface area contributed by atoms with E-state index in [1.54, 1.807) is 24.3 Å². The number of amides is 2. The van der Waals surface area contributed by atoms with Crippen molar-refractivity contribution in [1.29, 1.82) is 0 Å². The molecule has 6 nitrogen and oxygen atoms in total. The fraction of sp³-hybridized carbons (Fsp3) is 0.348. The number of benzene rings is 2. The summed E-state index contributed by atoms with van der Waals surface area (Å²) in [7, 11) is 1.26. The van der Waals surface area contributed by atoms with E-state index in [1.165, 1.54) is 12.7 Å². The molecule has 0 spiro atoms. The van der Waals surface area contributed by atoms with Gasteiger partial charge >= 0.3 is 5.97 Å². The lowest BCUT2D eigenvalue weighted by Crippen LogP contribution is -2.30. The van der Waals surface area contributed by atoms with Crippen molar-refractivity contribution < 1.29 is 19.1 Å². The quantitative estimate of drug-likeness (QED) is 0.702. The van der Waals surface area contributed by atoms with Crippen LogP contribution in [0.15, 0.2) is 48.5 Å². The highest BCUT2D eigenvalue weighted by Gasteiger charge is 2.13. The molecular weight excluding hydrogens is 368 g/mol. The molecule has 0 atom stereocenters. The molecule has 2 aromatic rings. The van der Waals surface area contributed by atoms with Crippen molar-refractivity contribution in [3.63, 3.8) is 0 Å². The van der Waals surface area contributed by atoms with Crippen molar-refractivity contribution in [3.8, 4) is 0 Å². The van der Waals surface area contributed by atoms with Gasteiger partial charge in [-0.05, 0) is 47.2 Å². The highest BCUT2D eigenvalue weighted by molar-refractivity contribution is 5.97. The van der Waals surface area contributed by atoms with Crippen LogP contribution in [0.1, 0.15) is 48.7 Å². The maximum atomic E-state index is 12.2. The Kier molecular flexibility index (Phi) is 7.53. The third-order valence-electron chi connectivity index (χ3n) is 4.51. The van der Waals surface area contributed by atoms with E-state index in [0.29, 0.717) is 24.1 Å².